The summed E-state index contributed by atoms with van der Waals surface area (Å²) in [5, 5.41) is 6.40. The number of rotatable bonds is 10. The van der Waals surface area contributed by atoms with Gasteiger partial charge in [0.15, 0.2) is 0 Å². The smallest absolute Gasteiger partial charge is 0.407 e. The number of carbonyl (C=O) groups excluding carboxylic acids is 4. The molecular formula is C46H47N7O6. The molecule has 4 atom stereocenters. The van der Waals surface area contributed by atoms with Crippen LogP contribution in [0.25, 0.3) is 44.2 Å². The molecule has 4 aromatic carbocycles. The molecule has 13 nitrogen and oxygen atoms in total. The number of aromatic nitrogens is 3. The molecule has 0 spiro atoms. The maximum Gasteiger partial charge on any atom is 0.407 e. The Bertz CT molecular complexity index is 2510. The monoisotopic (exact) mass is 793 g/mol. The van der Waals surface area contributed by atoms with E-state index in [1.54, 1.807) is 4.90 Å². The number of nitrogens with zero attached hydrogens (tertiary/aromatic N) is 4. The molecule has 0 aliphatic carbocycles. The first-order chi connectivity index (χ1) is 28.7. The van der Waals surface area contributed by atoms with Gasteiger partial charge in [0.25, 0.3) is 5.91 Å². The van der Waals surface area contributed by atoms with Crippen molar-refractivity contribution in [2.24, 2.45) is 0 Å². The Kier molecular flexibility index (Phi) is 11.3. The first kappa shape index (κ1) is 39.1. The number of imidazole rings is 1. The van der Waals surface area contributed by atoms with Crippen LogP contribution in [0, 0.1) is 0 Å². The summed E-state index contributed by atoms with van der Waals surface area (Å²) in [6.45, 7) is 3.03. The Hall–Kier alpha value is -6.76. The molecule has 0 bridgehead atoms. The molecule has 2 saturated heterocycles. The number of hydrogen-bond acceptors (Lipinski definition) is 8. The summed E-state index contributed by atoms with van der Waals surface area (Å²) >= 11 is 0. The Balaban J connectivity index is 0.991. The fourth-order valence-electron chi connectivity index (χ4n) is 8.39. The van der Waals surface area contributed by atoms with Crippen molar-refractivity contribution in [1.82, 2.24) is 35.4 Å². The third-order valence-electron chi connectivity index (χ3n) is 11.5. The predicted octanol–water partition coefficient (Wildman–Crippen LogP) is 8.00. The molecule has 8 rings (SSSR count). The number of aromatic amines is 1. The minimum Gasteiger partial charge on any atom is -0.453 e. The number of hydrogen-bond donors (Lipinski definition) is 3. The van der Waals surface area contributed by atoms with E-state index in [2.05, 4.69) is 76.3 Å². The largest absolute Gasteiger partial charge is 0.453 e. The summed E-state index contributed by atoms with van der Waals surface area (Å²) in [4.78, 5) is 68.7. The first-order valence-electron chi connectivity index (χ1n) is 20.1. The highest BCUT2D eigenvalue weighted by Gasteiger charge is 2.38. The lowest BCUT2D eigenvalue weighted by molar-refractivity contribution is -0.135. The van der Waals surface area contributed by atoms with E-state index < -0.39 is 24.3 Å². The molecule has 0 saturated carbocycles. The number of pyridine rings is 1. The maximum atomic E-state index is 14.0. The lowest BCUT2D eigenvalue weighted by Gasteiger charge is -2.28. The number of carbonyl (C=O) groups is 4. The fraction of sp³-hybridized carbons (Fsp3) is 0.304. The molecule has 4 amide bonds. The average molecular weight is 794 g/mol. The SMILES string of the molecule is CCC(NC(=O)OC)C(=O)N1CCCC1c1ccc2ccc(-c3ccc(-c4ccc5nc(C6CCCN6C(=O)C(NC(=O)OC)c6ccccc6)[nH]c5c4)cc3)cc2n1. The molecule has 59 heavy (non-hydrogen) atoms. The molecule has 6 aromatic rings. The van der Waals surface area contributed by atoms with Crippen molar-refractivity contribution in [2.75, 3.05) is 27.3 Å². The van der Waals surface area contributed by atoms with Gasteiger partial charge in [0.05, 0.1) is 48.5 Å². The van der Waals surface area contributed by atoms with Crippen LogP contribution >= 0.6 is 0 Å². The molecule has 4 unspecified atom stereocenters. The van der Waals surface area contributed by atoms with E-state index in [1.807, 2.05) is 54.3 Å². The van der Waals surface area contributed by atoms with E-state index in [-0.39, 0.29) is 23.9 Å². The van der Waals surface area contributed by atoms with Crippen LogP contribution in [0.4, 0.5) is 9.59 Å². The van der Waals surface area contributed by atoms with Gasteiger partial charge < -0.3 is 34.9 Å². The number of nitrogens with one attached hydrogen (secondary N) is 3. The topological polar surface area (TPSA) is 159 Å². The summed E-state index contributed by atoms with van der Waals surface area (Å²) in [5.41, 5.74) is 8.19. The summed E-state index contributed by atoms with van der Waals surface area (Å²) in [7, 11) is 2.57. The summed E-state index contributed by atoms with van der Waals surface area (Å²) < 4.78 is 9.58. The average Bonchev–Trinajstić information content (AvgIpc) is 4.07. The van der Waals surface area contributed by atoms with Gasteiger partial charge in [-0.2, -0.15) is 0 Å². The highest BCUT2D eigenvalue weighted by atomic mass is 16.5. The maximum absolute atomic E-state index is 14.0. The Labute approximate surface area is 342 Å². The molecule has 0 radical (unpaired) electrons. The third kappa shape index (κ3) is 8.05. The second-order valence-corrected chi connectivity index (χ2v) is 15.0. The number of likely N-dealkylation sites (tertiary alicyclic amines) is 2. The fourth-order valence-corrected chi connectivity index (χ4v) is 8.39. The molecule has 302 valence electrons. The zero-order chi connectivity index (χ0) is 41.0. The zero-order valence-electron chi connectivity index (χ0n) is 33.3. The number of methoxy groups -OCH3 is 2. The zero-order valence-corrected chi connectivity index (χ0v) is 33.3. The van der Waals surface area contributed by atoms with E-state index in [1.165, 1.54) is 14.2 Å². The molecule has 2 aliphatic rings. The third-order valence-corrected chi connectivity index (χ3v) is 11.5. The lowest BCUT2D eigenvalue weighted by Crippen LogP contribution is -2.48. The second-order valence-electron chi connectivity index (χ2n) is 15.0. The second kappa shape index (κ2) is 17.0. The van der Waals surface area contributed by atoms with Crippen LogP contribution in [-0.2, 0) is 19.1 Å². The molecule has 2 fully saturated rings. The van der Waals surface area contributed by atoms with Gasteiger partial charge in [-0.15, -0.1) is 0 Å². The number of benzene rings is 4. The van der Waals surface area contributed by atoms with Gasteiger partial charge in [0.2, 0.25) is 5.91 Å². The first-order valence-corrected chi connectivity index (χ1v) is 20.1. The Morgan fingerprint density at radius 1 is 0.695 bits per heavy atom. The van der Waals surface area contributed by atoms with Crippen LogP contribution < -0.4 is 10.6 Å². The molecular weight excluding hydrogens is 747 g/mol. The van der Waals surface area contributed by atoms with Crippen molar-refractivity contribution in [1.29, 1.82) is 0 Å². The lowest BCUT2D eigenvalue weighted by atomic mass is 9.99. The Morgan fingerprint density at radius 3 is 2.00 bits per heavy atom. The number of H-pyrrole nitrogens is 1. The van der Waals surface area contributed by atoms with Gasteiger partial charge in [-0.3, -0.25) is 14.6 Å². The molecule has 3 N–H and O–H groups in total. The van der Waals surface area contributed by atoms with E-state index in [0.29, 0.717) is 30.9 Å². The van der Waals surface area contributed by atoms with Crippen LogP contribution in [0.2, 0.25) is 0 Å². The van der Waals surface area contributed by atoms with Crippen molar-refractivity contribution < 1.29 is 28.7 Å². The standard InChI is InChI=1S/C46H47N7O6/c1-4-34(50-45(56)58-2)43(54)52-24-8-12-39(52)36-23-20-30-18-19-32(26-37(30)47-36)28-14-16-29(17-15-28)33-21-22-35-38(27-33)49-42(48-35)40-13-9-25-53(40)44(55)41(51-46(57)59-3)31-10-6-5-7-11-31/h5-7,10-11,14-23,26-27,34,39-41H,4,8-9,12-13,24-25H2,1-3H3,(H,48,49)(H,50,56)(H,51,57). The molecule has 13 heteroatoms. The minimum absolute atomic E-state index is 0.126. The highest BCUT2D eigenvalue weighted by molar-refractivity contribution is 5.89. The van der Waals surface area contributed by atoms with Gasteiger partial charge in [-0.05, 0) is 84.2 Å². The predicted molar refractivity (Wildman–Crippen MR) is 224 cm³/mol. The van der Waals surface area contributed by atoms with Crippen LogP contribution in [0.5, 0.6) is 0 Å². The van der Waals surface area contributed by atoms with Gasteiger partial charge in [-0.1, -0.05) is 85.8 Å². The van der Waals surface area contributed by atoms with E-state index in [4.69, 9.17) is 19.4 Å². The molecule has 2 aliphatic heterocycles. The normalized spacial score (nSPS) is 17.5. The van der Waals surface area contributed by atoms with E-state index in [0.717, 1.165) is 75.6 Å². The van der Waals surface area contributed by atoms with Gasteiger partial charge in [-0.25, -0.2) is 14.6 Å². The number of alkyl carbamates (subject to hydrolysis) is 2. The summed E-state index contributed by atoms with van der Waals surface area (Å²) in [6.07, 6.45) is 2.40. The molecule has 2 aromatic heterocycles. The highest BCUT2D eigenvalue weighted by Crippen LogP contribution is 2.36. The van der Waals surface area contributed by atoms with E-state index >= 15 is 0 Å². The summed E-state index contributed by atoms with van der Waals surface area (Å²) in [5.74, 6) is 0.375. The van der Waals surface area contributed by atoms with Crippen LogP contribution in [-0.4, -0.2) is 82.1 Å². The van der Waals surface area contributed by atoms with Crippen molar-refractivity contribution >= 4 is 45.9 Å². The molecule has 4 heterocycles. The van der Waals surface area contributed by atoms with Crippen molar-refractivity contribution in [3.63, 3.8) is 0 Å². The minimum atomic E-state index is -0.885. The number of amides is 4. The van der Waals surface area contributed by atoms with Crippen LogP contribution in [0.15, 0.2) is 103 Å². The Morgan fingerprint density at radius 2 is 1.31 bits per heavy atom. The number of fused-ring (bicyclic) bond motifs is 2. The van der Waals surface area contributed by atoms with Crippen molar-refractivity contribution in [3.05, 3.63) is 120 Å². The summed E-state index contributed by atoms with van der Waals surface area (Å²) in [6, 6.07) is 32.1. The quantitative estimate of drug-likeness (QED) is 0.126. The van der Waals surface area contributed by atoms with Crippen LogP contribution in [0.3, 0.4) is 0 Å². The van der Waals surface area contributed by atoms with Gasteiger partial charge in [0.1, 0.15) is 17.9 Å². The van der Waals surface area contributed by atoms with Crippen molar-refractivity contribution in [2.45, 2.75) is 63.2 Å². The van der Waals surface area contributed by atoms with Crippen molar-refractivity contribution in [3.8, 4) is 22.3 Å². The van der Waals surface area contributed by atoms with Gasteiger partial charge in [0, 0.05) is 18.5 Å². The van der Waals surface area contributed by atoms with E-state index in [9.17, 15) is 19.2 Å². The van der Waals surface area contributed by atoms with Crippen LogP contribution in [0.1, 0.15) is 74.2 Å². The van der Waals surface area contributed by atoms with Gasteiger partial charge >= 0.3 is 12.2 Å². The number of ether oxygens (including phenoxy) is 2.